The molecule has 0 aliphatic carbocycles. The van der Waals surface area contributed by atoms with E-state index in [2.05, 4.69) is 10.2 Å². The highest BCUT2D eigenvalue weighted by atomic mass is 19.1. The largest absolute Gasteiger partial charge is 0.481 e. The van der Waals surface area contributed by atoms with Crippen LogP contribution in [0.5, 0.6) is 5.75 Å². The minimum absolute atomic E-state index is 0.0370. The molecule has 0 saturated carbocycles. The minimum Gasteiger partial charge on any atom is -0.481 e. The molecule has 5 nitrogen and oxygen atoms in total. The third kappa shape index (κ3) is 2.84. The number of ether oxygens (including phenoxy) is 1. The van der Waals surface area contributed by atoms with Crippen molar-refractivity contribution in [1.82, 2.24) is 10.2 Å². The van der Waals surface area contributed by atoms with Gasteiger partial charge in [0.25, 0.3) is 5.89 Å². The highest BCUT2D eigenvalue weighted by molar-refractivity contribution is 5.30. The second-order valence-electron chi connectivity index (χ2n) is 3.98. The molecule has 0 fully saturated rings. The summed E-state index contributed by atoms with van der Waals surface area (Å²) in [5, 5.41) is 7.40. The summed E-state index contributed by atoms with van der Waals surface area (Å²) in [6, 6.07) is 4.41. The summed E-state index contributed by atoms with van der Waals surface area (Å²) >= 11 is 0. The van der Waals surface area contributed by atoms with Crippen LogP contribution in [0.2, 0.25) is 0 Å². The van der Waals surface area contributed by atoms with Gasteiger partial charge in [-0.15, -0.1) is 10.2 Å². The first-order valence-corrected chi connectivity index (χ1v) is 5.53. The Kier molecular flexibility index (Phi) is 3.57. The predicted octanol–water partition coefficient (Wildman–Crippen LogP) is 2.12. The van der Waals surface area contributed by atoms with Crippen molar-refractivity contribution < 1.29 is 13.5 Å². The average molecular weight is 251 g/mol. The first-order chi connectivity index (χ1) is 8.56. The predicted molar refractivity (Wildman–Crippen MR) is 62.4 cm³/mol. The molecule has 1 unspecified atom stereocenters. The highest BCUT2D eigenvalue weighted by Gasteiger charge is 2.09. The lowest BCUT2D eigenvalue weighted by atomic mass is 10.1. The van der Waals surface area contributed by atoms with Crippen LogP contribution in [-0.4, -0.2) is 10.2 Å². The number of nitrogens with two attached hydrogens (primary N) is 1. The van der Waals surface area contributed by atoms with Crippen molar-refractivity contribution in [2.75, 3.05) is 0 Å². The van der Waals surface area contributed by atoms with Crippen molar-refractivity contribution in [1.29, 1.82) is 0 Å². The average Bonchev–Trinajstić information content (AvgIpc) is 2.73. The minimum atomic E-state index is -0.457. The van der Waals surface area contributed by atoms with E-state index in [1.54, 1.807) is 19.9 Å². The van der Waals surface area contributed by atoms with Crippen molar-refractivity contribution in [2.24, 2.45) is 5.73 Å². The maximum absolute atomic E-state index is 13.7. The van der Waals surface area contributed by atoms with E-state index in [1.807, 2.05) is 0 Å². The SMILES string of the molecule is Cc1nnc(COc2ccc(C(C)N)cc2F)o1. The third-order valence-corrected chi connectivity index (χ3v) is 2.40. The Bertz CT molecular complexity index is 540. The standard InChI is InChI=1S/C12H14FN3O2/c1-7(14)9-3-4-11(10(13)5-9)17-6-12-16-15-8(2)18-12/h3-5,7H,6,14H2,1-2H3. The Morgan fingerprint density at radius 2 is 2.22 bits per heavy atom. The molecule has 0 spiro atoms. The smallest absolute Gasteiger partial charge is 0.253 e. The van der Waals surface area contributed by atoms with E-state index in [4.69, 9.17) is 14.9 Å². The summed E-state index contributed by atoms with van der Waals surface area (Å²) in [5.41, 5.74) is 6.38. The van der Waals surface area contributed by atoms with E-state index in [-0.39, 0.29) is 18.4 Å². The van der Waals surface area contributed by atoms with Gasteiger partial charge in [0, 0.05) is 13.0 Å². The molecule has 0 saturated heterocycles. The number of aryl methyl sites for hydroxylation is 1. The van der Waals surface area contributed by atoms with Crippen LogP contribution in [0.1, 0.15) is 30.3 Å². The fraction of sp³-hybridized carbons (Fsp3) is 0.333. The molecule has 1 atom stereocenters. The molecular weight excluding hydrogens is 237 g/mol. The van der Waals surface area contributed by atoms with Gasteiger partial charge < -0.3 is 14.9 Å². The van der Waals surface area contributed by atoms with Crippen molar-refractivity contribution in [3.8, 4) is 5.75 Å². The summed E-state index contributed by atoms with van der Waals surface area (Å²) in [6.45, 7) is 3.50. The number of benzene rings is 1. The summed E-state index contributed by atoms with van der Waals surface area (Å²) in [5.74, 6) is 0.431. The van der Waals surface area contributed by atoms with E-state index in [0.29, 0.717) is 17.3 Å². The van der Waals surface area contributed by atoms with Crippen LogP contribution in [0, 0.1) is 12.7 Å². The lowest BCUT2D eigenvalue weighted by molar-refractivity contribution is 0.249. The summed E-state index contributed by atoms with van der Waals surface area (Å²) in [7, 11) is 0. The molecule has 0 radical (unpaired) electrons. The molecule has 0 bridgehead atoms. The molecule has 1 heterocycles. The zero-order chi connectivity index (χ0) is 13.1. The van der Waals surface area contributed by atoms with Gasteiger partial charge in [0.1, 0.15) is 0 Å². The molecule has 0 aliphatic heterocycles. The molecular formula is C12H14FN3O2. The Hall–Kier alpha value is -1.95. The lowest BCUT2D eigenvalue weighted by Crippen LogP contribution is -2.06. The highest BCUT2D eigenvalue weighted by Crippen LogP contribution is 2.21. The van der Waals surface area contributed by atoms with Crippen LogP contribution in [0.25, 0.3) is 0 Å². The summed E-state index contributed by atoms with van der Waals surface area (Å²) in [6.07, 6.45) is 0. The third-order valence-electron chi connectivity index (χ3n) is 2.40. The monoisotopic (exact) mass is 251 g/mol. The van der Waals surface area contributed by atoms with Gasteiger partial charge in [-0.25, -0.2) is 4.39 Å². The van der Waals surface area contributed by atoms with Gasteiger partial charge in [-0.2, -0.15) is 0 Å². The van der Waals surface area contributed by atoms with Crippen LogP contribution < -0.4 is 10.5 Å². The number of nitrogens with zero attached hydrogens (tertiary/aromatic N) is 2. The van der Waals surface area contributed by atoms with Crippen LogP contribution in [-0.2, 0) is 6.61 Å². The maximum atomic E-state index is 13.7. The number of rotatable bonds is 4. The fourth-order valence-corrected chi connectivity index (χ4v) is 1.45. The topological polar surface area (TPSA) is 74.2 Å². The van der Waals surface area contributed by atoms with E-state index in [0.717, 1.165) is 0 Å². The molecule has 2 aromatic rings. The van der Waals surface area contributed by atoms with Crippen LogP contribution in [0.3, 0.4) is 0 Å². The molecule has 18 heavy (non-hydrogen) atoms. The summed E-state index contributed by atoms with van der Waals surface area (Å²) < 4.78 is 24.0. The Labute approximate surface area is 104 Å². The van der Waals surface area contributed by atoms with Gasteiger partial charge in [0.05, 0.1) is 0 Å². The molecule has 6 heteroatoms. The number of halogens is 1. The van der Waals surface area contributed by atoms with Crippen LogP contribution in [0.4, 0.5) is 4.39 Å². The van der Waals surface area contributed by atoms with Gasteiger partial charge in [0.2, 0.25) is 5.89 Å². The Morgan fingerprint density at radius 1 is 1.44 bits per heavy atom. The van der Waals surface area contributed by atoms with Gasteiger partial charge in [-0.3, -0.25) is 0 Å². The second kappa shape index (κ2) is 5.14. The van der Waals surface area contributed by atoms with E-state index < -0.39 is 5.82 Å². The molecule has 0 amide bonds. The van der Waals surface area contributed by atoms with E-state index in [1.165, 1.54) is 12.1 Å². The quantitative estimate of drug-likeness (QED) is 0.900. The molecule has 2 N–H and O–H groups in total. The van der Waals surface area contributed by atoms with Crippen LogP contribution >= 0.6 is 0 Å². The molecule has 2 rings (SSSR count). The van der Waals surface area contributed by atoms with Crippen LogP contribution in [0.15, 0.2) is 22.6 Å². The first kappa shape index (κ1) is 12.5. The van der Waals surface area contributed by atoms with Gasteiger partial charge in [0.15, 0.2) is 18.2 Å². The number of hydrogen-bond donors (Lipinski definition) is 1. The molecule has 1 aromatic heterocycles. The Morgan fingerprint density at radius 3 is 2.78 bits per heavy atom. The second-order valence-corrected chi connectivity index (χ2v) is 3.98. The number of hydrogen-bond acceptors (Lipinski definition) is 5. The fourth-order valence-electron chi connectivity index (χ4n) is 1.45. The summed E-state index contributed by atoms with van der Waals surface area (Å²) in [4.78, 5) is 0. The van der Waals surface area contributed by atoms with Crippen molar-refractivity contribution in [3.63, 3.8) is 0 Å². The first-order valence-electron chi connectivity index (χ1n) is 5.53. The van der Waals surface area contributed by atoms with Gasteiger partial charge in [-0.05, 0) is 24.6 Å². The maximum Gasteiger partial charge on any atom is 0.253 e. The van der Waals surface area contributed by atoms with E-state index in [9.17, 15) is 4.39 Å². The number of aromatic nitrogens is 2. The van der Waals surface area contributed by atoms with E-state index >= 15 is 0 Å². The van der Waals surface area contributed by atoms with Crippen molar-refractivity contribution in [2.45, 2.75) is 26.5 Å². The molecule has 0 aliphatic rings. The Balaban J connectivity index is 2.05. The molecule has 96 valence electrons. The zero-order valence-electron chi connectivity index (χ0n) is 10.2. The molecule has 1 aromatic carbocycles. The van der Waals surface area contributed by atoms with Crippen molar-refractivity contribution >= 4 is 0 Å². The lowest BCUT2D eigenvalue weighted by Gasteiger charge is -2.09. The normalized spacial score (nSPS) is 12.4. The van der Waals surface area contributed by atoms with Gasteiger partial charge in [-0.1, -0.05) is 6.07 Å². The van der Waals surface area contributed by atoms with Crippen molar-refractivity contribution in [3.05, 3.63) is 41.4 Å². The van der Waals surface area contributed by atoms with Gasteiger partial charge >= 0.3 is 0 Å². The zero-order valence-corrected chi connectivity index (χ0v) is 10.2.